The molecular formula is C25H20F3N5. The standard InChI is InChI=1S/C25H20F3N5/c1-3-20-21(16(2)32-18-7-4-6-17(14-18)25(26,27)28)11-12-23(29)22(20)10-9-19-15-30-24-8-5-13-31-33(19)24/h4-8,11-15,32H,2-3,29H2,1H3. The lowest BCUT2D eigenvalue weighted by atomic mass is 9.95. The fourth-order valence-electron chi connectivity index (χ4n) is 3.52. The summed E-state index contributed by atoms with van der Waals surface area (Å²) in [6.45, 7) is 5.99. The molecule has 0 fully saturated rings. The number of nitrogen functional groups attached to an aromatic ring is 1. The molecule has 0 spiro atoms. The number of aromatic nitrogens is 3. The largest absolute Gasteiger partial charge is 0.416 e. The highest BCUT2D eigenvalue weighted by atomic mass is 19.4. The van der Waals surface area contributed by atoms with Gasteiger partial charge in [-0.05, 0) is 54.3 Å². The van der Waals surface area contributed by atoms with Gasteiger partial charge >= 0.3 is 6.18 Å². The molecule has 8 heteroatoms. The molecule has 0 aliphatic heterocycles. The molecule has 0 bridgehead atoms. The Labute approximate surface area is 188 Å². The third-order valence-electron chi connectivity index (χ3n) is 5.10. The molecule has 3 N–H and O–H groups in total. The maximum Gasteiger partial charge on any atom is 0.416 e. The van der Waals surface area contributed by atoms with Crippen LogP contribution in [-0.2, 0) is 12.6 Å². The van der Waals surface area contributed by atoms with Crippen molar-refractivity contribution >= 4 is 22.7 Å². The van der Waals surface area contributed by atoms with Crippen LogP contribution >= 0.6 is 0 Å². The van der Waals surface area contributed by atoms with Gasteiger partial charge in [0.25, 0.3) is 0 Å². The maximum atomic E-state index is 13.1. The zero-order chi connectivity index (χ0) is 23.6. The van der Waals surface area contributed by atoms with Crippen LogP contribution in [0, 0.1) is 11.8 Å². The number of hydrogen-bond acceptors (Lipinski definition) is 4. The molecule has 2 aromatic carbocycles. The van der Waals surface area contributed by atoms with Crippen LogP contribution in [0.2, 0.25) is 0 Å². The van der Waals surface area contributed by atoms with Crippen molar-refractivity contribution in [2.45, 2.75) is 19.5 Å². The van der Waals surface area contributed by atoms with Crippen molar-refractivity contribution in [1.82, 2.24) is 14.6 Å². The summed E-state index contributed by atoms with van der Waals surface area (Å²) in [6.07, 6.45) is -0.547. The third-order valence-corrected chi connectivity index (χ3v) is 5.10. The second kappa shape index (κ2) is 8.71. The van der Waals surface area contributed by atoms with E-state index in [4.69, 9.17) is 5.73 Å². The lowest BCUT2D eigenvalue weighted by Gasteiger charge is -2.17. The van der Waals surface area contributed by atoms with E-state index in [2.05, 4.69) is 33.8 Å². The van der Waals surface area contributed by atoms with Crippen molar-refractivity contribution in [3.8, 4) is 11.8 Å². The number of halogens is 3. The first kappa shape index (κ1) is 22.0. The van der Waals surface area contributed by atoms with Crippen LogP contribution in [0.3, 0.4) is 0 Å². The van der Waals surface area contributed by atoms with E-state index in [-0.39, 0.29) is 5.69 Å². The van der Waals surface area contributed by atoms with Gasteiger partial charge in [-0.3, -0.25) is 0 Å². The van der Waals surface area contributed by atoms with Gasteiger partial charge in [0.1, 0.15) is 5.69 Å². The molecule has 0 radical (unpaired) electrons. The number of fused-ring (bicyclic) bond motifs is 1. The molecule has 2 heterocycles. The number of anilines is 2. The van der Waals surface area contributed by atoms with Gasteiger partial charge in [0.2, 0.25) is 0 Å². The van der Waals surface area contributed by atoms with Gasteiger partial charge < -0.3 is 11.1 Å². The molecule has 4 rings (SSSR count). The summed E-state index contributed by atoms with van der Waals surface area (Å²) in [5, 5.41) is 7.23. The smallest absolute Gasteiger partial charge is 0.398 e. The molecule has 5 nitrogen and oxygen atoms in total. The second-order valence-electron chi connectivity index (χ2n) is 7.28. The van der Waals surface area contributed by atoms with E-state index in [1.165, 1.54) is 6.07 Å². The van der Waals surface area contributed by atoms with Crippen molar-refractivity contribution in [3.63, 3.8) is 0 Å². The number of hydrogen-bond donors (Lipinski definition) is 2. The molecule has 0 aliphatic carbocycles. The average Bonchev–Trinajstić information content (AvgIpc) is 3.20. The summed E-state index contributed by atoms with van der Waals surface area (Å²) in [5.41, 5.74) is 10.2. The van der Waals surface area contributed by atoms with E-state index in [1.54, 1.807) is 41.2 Å². The van der Waals surface area contributed by atoms with Crippen molar-refractivity contribution in [1.29, 1.82) is 0 Å². The van der Waals surface area contributed by atoms with Crippen molar-refractivity contribution in [2.24, 2.45) is 0 Å². The molecule has 0 saturated carbocycles. The molecule has 166 valence electrons. The predicted octanol–water partition coefficient (Wildman–Crippen LogP) is 5.38. The average molecular weight is 447 g/mol. The van der Waals surface area contributed by atoms with E-state index in [1.807, 2.05) is 13.0 Å². The van der Waals surface area contributed by atoms with Gasteiger partial charge in [-0.15, -0.1) is 0 Å². The zero-order valence-electron chi connectivity index (χ0n) is 17.7. The van der Waals surface area contributed by atoms with Gasteiger partial charge in [0, 0.05) is 28.8 Å². The Hall–Kier alpha value is -4.25. The highest BCUT2D eigenvalue weighted by Gasteiger charge is 2.30. The van der Waals surface area contributed by atoms with E-state index in [0.717, 1.165) is 23.3 Å². The van der Waals surface area contributed by atoms with E-state index >= 15 is 0 Å². The van der Waals surface area contributed by atoms with Crippen molar-refractivity contribution in [2.75, 3.05) is 11.1 Å². The molecule has 0 amide bonds. The molecular weight excluding hydrogens is 427 g/mol. The highest BCUT2D eigenvalue weighted by molar-refractivity contribution is 5.80. The number of nitrogens with one attached hydrogen (secondary N) is 1. The third kappa shape index (κ3) is 4.53. The summed E-state index contributed by atoms with van der Waals surface area (Å²) in [4.78, 5) is 4.28. The minimum absolute atomic E-state index is 0.290. The van der Waals surface area contributed by atoms with Gasteiger partial charge in [-0.2, -0.15) is 18.3 Å². The summed E-state index contributed by atoms with van der Waals surface area (Å²) >= 11 is 0. The minimum atomic E-state index is -4.43. The first-order chi connectivity index (χ1) is 15.8. The minimum Gasteiger partial charge on any atom is -0.398 e. The van der Waals surface area contributed by atoms with Gasteiger partial charge in [-0.1, -0.05) is 31.6 Å². The molecule has 2 aromatic heterocycles. The van der Waals surface area contributed by atoms with Crippen molar-refractivity contribution < 1.29 is 13.2 Å². The Kier molecular flexibility index (Phi) is 5.80. The van der Waals surface area contributed by atoms with Gasteiger partial charge in [-0.25, -0.2) is 9.50 Å². The van der Waals surface area contributed by atoms with Crippen LogP contribution in [0.15, 0.2) is 67.5 Å². The number of rotatable bonds is 4. The Morgan fingerprint density at radius 3 is 2.73 bits per heavy atom. The zero-order valence-corrected chi connectivity index (χ0v) is 17.7. The quantitative estimate of drug-likeness (QED) is 0.326. The van der Waals surface area contributed by atoms with Crippen molar-refractivity contribution in [3.05, 3.63) is 95.5 Å². The van der Waals surface area contributed by atoms with Crippen LogP contribution in [0.25, 0.3) is 11.3 Å². The van der Waals surface area contributed by atoms with Crippen LogP contribution < -0.4 is 11.1 Å². The highest BCUT2D eigenvalue weighted by Crippen LogP contribution is 2.32. The van der Waals surface area contributed by atoms with Gasteiger partial charge in [0.15, 0.2) is 5.65 Å². The first-order valence-corrected chi connectivity index (χ1v) is 10.1. The number of benzene rings is 2. The fourth-order valence-corrected chi connectivity index (χ4v) is 3.52. The van der Waals surface area contributed by atoms with Crippen LogP contribution in [-0.4, -0.2) is 14.6 Å². The monoisotopic (exact) mass is 447 g/mol. The first-order valence-electron chi connectivity index (χ1n) is 10.1. The number of alkyl halides is 3. The molecule has 0 atom stereocenters. The summed E-state index contributed by atoms with van der Waals surface area (Å²) in [7, 11) is 0. The number of nitrogens with zero attached hydrogens (tertiary/aromatic N) is 3. The fraction of sp³-hybridized carbons (Fsp3) is 0.120. The van der Waals surface area contributed by atoms with Gasteiger partial charge in [0.05, 0.1) is 17.3 Å². The molecule has 0 unspecified atom stereocenters. The van der Waals surface area contributed by atoms with Crippen LogP contribution in [0.1, 0.15) is 34.9 Å². The summed E-state index contributed by atoms with van der Waals surface area (Å²) in [6, 6.07) is 12.1. The molecule has 0 aliphatic rings. The Morgan fingerprint density at radius 1 is 1.15 bits per heavy atom. The maximum absolute atomic E-state index is 13.1. The van der Waals surface area contributed by atoms with E-state index in [0.29, 0.717) is 34.7 Å². The van der Waals surface area contributed by atoms with E-state index < -0.39 is 11.7 Å². The predicted molar refractivity (Wildman–Crippen MR) is 123 cm³/mol. The number of imidazole rings is 1. The summed E-state index contributed by atoms with van der Waals surface area (Å²) in [5.74, 6) is 6.19. The molecule has 33 heavy (non-hydrogen) atoms. The molecule has 4 aromatic rings. The SMILES string of the molecule is C=C(Nc1cccc(C(F)(F)F)c1)c1ccc(N)c(C#Cc2cnc3cccnn23)c1CC. The Morgan fingerprint density at radius 2 is 1.97 bits per heavy atom. The Balaban J connectivity index is 1.69. The normalized spacial score (nSPS) is 11.2. The molecule has 0 saturated heterocycles. The van der Waals surface area contributed by atoms with Crippen LogP contribution in [0.4, 0.5) is 24.5 Å². The number of nitrogens with two attached hydrogens (primary N) is 1. The summed E-state index contributed by atoms with van der Waals surface area (Å²) < 4.78 is 40.8. The van der Waals surface area contributed by atoms with Crippen LogP contribution in [0.5, 0.6) is 0 Å². The Bertz CT molecular complexity index is 1410. The van der Waals surface area contributed by atoms with E-state index in [9.17, 15) is 13.2 Å². The lowest BCUT2D eigenvalue weighted by Crippen LogP contribution is -2.07. The lowest BCUT2D eigenvalue weighted by molar-refractivity contribution is -0.137. The second-order valence-corrected chi connectivity index (χ2v) is 7.28. The topological polar surface area (TPSA) is 68.2 Å².